The monoisotopic (exact) mass is 2000 g/mol. The number of rotatable bonds is 34. The minimum atomic E-state index is -1.58. The number of nitrogens with two attached hydrogens (primary N) is 4. The van der Waals surface area contributed by atoms with Gasteiger partial charge in [-0.1, -0.05) is 140 Å². The number of Topliss-reactive ketones (excluding diaryl/α,β-unsaturated/α-hetero) is 3. The predicted molar refractivity (Wildman–Crippen MR) is 530 cm³/mol. The molecule has 8 fully saturated rings. The third-order valence-corrected chi connectivity index (χ3v) is 30.1. The number of hydrogen-bond donors (Lipinski definition) is 6. The fourth-order valence-corrected chi connectivity index (χ4v) is 20.7. The van der Waals surface area contributed by atoms with Gasteiger partial charge in [0.1, 0.15) is 63.8 Å². The molecule has 4 aliphatic heterocycles. The second-order valence-corrected chi connectivity index (χ2v) is 39.9. The topological polar surface area (TPSA) is 483 Å². The van der Waals surface area contributed by atoms with E-state index in [4.69, 9.17) is 22.9 Å². The third kappa shape index (κ3) is 23.8. The molecular weight excluding hydrogens is 1890 g/mol. The van der Waals surface area contributed by atoms with Crippen molar-refractivity contribution in [3.8, 4) is 69.3 Å². The summed E-state index contributed by atoms with van der Waals surface area (Å²) in [5, 5.41) is 77.5. The number of phenolic OH excluding ortho intramolecular Hbond substituents is 2. The van der Waals surface area contributed by atoms with Crippen molar-refractivity contribution in [2.75, 3.05) is 59.5 Å². The molecule has 0 spiro atoms. The highest BCUT2D eigenvalue weighted by molar-refractivity contribution is 5.98. The van der Waals surface area contributed by atoms with E-state index in [1.54, 1.807) is 74.0 Å². The number of halogens is 5. The van der Waals surface area contributed by atoms with Gasteiger partial charge in [0.15, 0.2) is 0 Å². The van der Waals surface area contributed by atoms with Gasteiger partial charge in [0.25, 0.3) is 23.6 Å². The molecule has 8 aliphatic rings. The Labute approximate surface area is 846 Å². The number of ether oxygens (including phenoxy) is 1. The predicted octanol–water partition coefficient (Wildman–Crippen LogP) is 13.6. The molecule has 32 nitrogen and oxygen atoms in total. The molecule has 10 N–H and O–H groups in total. The SMILES string of the molecule is COC(=O)Cc1nn(C2(CC#N)CCN(Cc3ccc(-c4ccccc4)nc3F)CC2F)cc1C(N)=O.N#CCC1(n2cc(C(N)=O)c(CC(=O)C3CC3)n2)CCN(C2CC(F)(c3ccccc3)C2)CC1.N#CCC1(n2cc(C(N)=O)c(CC(=O)C3CC3)n2)CCN(Cc2cc(O)c(-c3ccccc3)cc2F)CC1F.N#CCC1(n2cc(C(N)=O)c(CC(=O)C3CC3)n2)CCN(Cc2ccc(-c3ccccc3)cc2O)CC1. The molecule has 5 aromatic heterocycles. The van der Waals surface area contributed by atoms with E-state index in [0.29, 0.717) is 105 Å². The van der Waals surface area contributed by atoms with Crippen molar-refractivity contribution in [2.45, 2.75) is 207 Å². The summed E-state index contributed by atoms with van der Waals surface area (Å²) in [5.74, 6) is -4.15. The number of alkyl halides is 3. The van der Waals surface area contributed by atoms with Crippen LogP contribution in [0, 0.1) is 74.8 Å². The van der Waals surface area contributed by atoms with Crippen molar-refractivity contribution in [1.29, 1.82) is 21.0 Å². The molecule has 4 unspecified atom stereocenters. The lowest BCUT2D eigenvalue weighted by molar-refractivity contribution is -0.140. The molecule has 762 valence electrons. The van der Waals surface area contributed by atoms with E-state index in [0.717, 1.165) is 79.4 Å². The fourth-order valence-electron chi connectivity index (χ4n) is 20.7. The number of nitriles is 4. The number of primary amides is 4. The molecule has 4 aliphatic carbocycles. The molecule has 6 aromatic carbocycles. The molecule has 9 heterocycles. The van der Waals surface area contributed by atoms with Crippen LogP contribution in [0.2, 0.25) is 0 Å². The summed E-state index contributed by atoms with van der Waals surface area (Å²) in [6.45, 7) is 4.05. The van der Waals surface area contributed by atoms with Gasteiger partial charge in [-0.25, -0.2) is 22.5 Å². The number of piperidine rings is 4. The highest BCUT2D eigenvalue weighted by Crippen LogP contribution is 2.50. The van der Waals surface area contributed by atoms with Crippen LogP contribution < -0.4 is 22.9 Å². The van der Waals surface area contributed by atoms with Crippen LogP contribution in [0.3, 0.4) is 0 Å². The second-order valence-electron chi connectivity index (χ2n) is 39.9. The number of benzene rings is 6. The first kappa shape index (κ1) is 105. The molecule has 0 radical (unpaired) electrons. The molecule has 4 atom stereocenters. The largest absolute Gasteiger partial charge is 0.508 e. The Morgan fingerprint density at radius 2 is 0.816 bits per heavy atom. The lowest BCUT2D eigenvalue weighted by Gasteiger charge is -2.51. The van der Waals surface area contributed by atoms with Gasteiger partial charge >= 0.3 is 5.97 Å². The van der Waals surface area contributed by atoms with E-state index < -0.39 is 81.5 Å². The van der Waals surface area contributed by atoms with Crippen LogP contribution in [0.15, 0.2) is 189 Å². The molecule has 11 aromatic rings. The molecule has 147 heavy (non-hydrogen) atoms. The lowest BCUT2D eigenvalue weighted by atomic mass is 9.71. The first-order valence-electron chi connectivity index (χ1n) is 49.5. The highest BCUT2D eigenvalue weighted by atomic mass is 19.2. The average molecular weight is 2000 g/mol. The van der Waals surface area contributed by atoms with E-state index in [1.165, 1.54) is 41.0 Å². The van der Waals surface area contributed by atoms with Gasteiger partial charge in [-0.15, -0.1) is 0 Å². The number of likely N-dealkylation sites (tertiary alicyclic amines) is 4. The van der Waals surface area contributed by atoms with Crippen LogP contribution in [0.1, 0.15) is 202 Å². The quantitative estimate of drug-likeness (QED) is 0.0124. The third-order valence-electron chi connectivity index (χ3n) is 30.1. The van der Waals surface area contributed by atoms with Crippen molar-refractivity contribution in [3.63, 3.8) is 0 Å². The summed E-state index contributed by atoms with van der Waals surface area (Å²) in [6.07, 6.45) is 11.7. The van der Waals surface area contributed by atoms with Crippen molar-refractivity contribution < 1.29 is 75.3 Å². The summed E-state index contributed by atoms with van der Waals surface area (Å²) >= 11 is 0. The number of nitrogens with zero attached hydrogens (tertiary/aromatic N) is 17. The van der Waals surface area contributed by atoms with Crippen molar-refractivity contribution in [1.82, 2.24) is 63.7 Å². The zero-order valence-corrected chi connectivity index (χ0v) is 81.6. The van der Waals surface area contributed by atoms with Crippen molar-refractivity contribution >= 4 is 46.9 Å². The molecule has 0 bridgehead atoms. The maximum absolute atomic E-state index is 16.0. The minimum Gasteiger partial charge on any atom is -0.508 e. The molecular formula is C110H116F5N21O11. The van der Waals surface area contributed by atoms with Crippen LogP contribution in [-0.2, 0) is 97.1 Å². The summed E-state index contributed by atoms with van der Waals surface area (Å²) in [7, 11) is 1.20. The molecule has 4 saturated carbocycles. The van der Waals surface area contributed by atoms with Crippen LogP contribution in [0.25, 0.3) is 33.5 Å². The number of hydrogen-bond acceptors (Lipinski definition) is 24. The number of aromatic hydroxyl groups is 2. The Morgan fingerprint density at radius 3 is 1.23 bits per heavy atom. The number of amides is 4. The van der Waals surface area contributed by atoms with Crippen LogP contribution in [0.4, 0.5) is 22.0 Å². The highest BCUT2D eigenvalue weighted by Gasteiger charge is 2.53. The standard InChI is InChI=1S/C29H29F2N5O3.C29H31N5O3.C26H26F2N6O3.C26H30FN5O2/c30-23-13-21(18-4-2-1-3-5-18)26(38)12-20(23)15-35-11-9-29(8-10-32,27(31)17-35)36-16-22(28(33)39)24(34-36)14-25(37)19-6-7-19;30-13-10-29(34-19-24(28(31)37)25(32-34)17-27(36)21-6-7-21)11-14-33(15-12-29)18-23-9-8-22(16-26(23)35)20-4-2-1-3-5-20;1-37-23(35)13-21-19(25(30)36)15-34(32-21)26(9-11-29)10-12-33(16-22(26)27)14-18-7-8-20(31-24(18)28)17-5-3-2-4-6-17;27-26(19-4-2-1-3-5-19)15-20(16-26)31-12-9-25(8-11-28,10-13-31)32-17-21(24(29)34)22(30-32)14-23(33)18-6-7-18/h1-5,12-13,16,19,27,38H,6-9,11,14-15,17H2,(H2,33,39);1-5,8-9,16,19,21,35H,6-7,10-12,14-15,17-18H2,(H2,31,37);2-8,15,22H,9-10,12-14,16H2,1H3,(H2,30,36);1-5,17-18,20H,6-10,12-16H2,(H2,29,34). The molecule has 4 saturated heterocycles. The van der Waals surface area contributed by atoms with Gasteiger partial charge in [-0.3, -0.25) is 76.7 Å². The normalized spacial score (nSPS) is 21.1. The molecule has 4 amide bonds. The smallest absolute Gasteiger partial charge is 0.311 e. The van der Waals surface area contributed by atoms with Gasteiger partial charge in [-0.05, 0) is 124 Å². The number of ketones is 3. The molecule has 37 heteroatoms. The lowest BCUT2D eigenvalue weighted by Crippen LogP contribution is -2.56. The summed E-state index contributed by atoms with van der Waals surface area (Å²) in [6, 6.07) is 58.1. The van der Waals surface area contributed by atoms with E-state index >= 15 is 17.6 Å². The number of carbonyl (C=O) groups excluding carboxylic acids is 8. The van der Waals surface area contributed by atoms with E-state index in [9.17, 15) is 74.0 Å². The number of methoxy groups -OCH3 is 1. The van der Waals surface area contributed by atoms with Crippen LogP contribution in [-0.4, -0.2) is 199 Å². The Balaban J connectivity index is 0.000000140. The number of pyridine rings is 1. The number of aromatic nitrogens is 9. The van der Waals surface area contributed by atoms with Crippen molar-refractivity contribution in [2.24, 2.45) is 40.7 Å². The van der Waals surface area contributed by atoms with Crippen molar-refractivity contribution in [3.05, 3.63) is 268 Å². The van der Waals surface area contributed by atoms with Gasteiger partial charge in [0.05, 0.1) is 145 Å². The van der Waals surface area contributed by atoms with Crippen LogP contribution >= 0.6 is 0 Å². The summed E-state index contributed by atoms with van der Waals surface area (Å²) < 4.78 is 87.5. The number of phenols is 2. The van der Waals surface area contributed by atoms with Gasteiger partial charge < -0.3 is 37.9 Å². The van der Waals surface area contributed by atoms with Crippen LogP contribution in [0.5, 0.6) is 11.5 Å². The summed E-state index contributed by atoms with van der Waals surface area (Å²) in [4.78, 5) is 109. The van der Waals surface area contributed by atoms with Gasteiger partial charge in [0, 0.05) is 161 Å². The molecule has 19 rings (SSSR count). The van der Waals surface area contributed by atoms with Gasteiger partial charge in [-0.2, -0.15) is 45.8 Å². The second kappa shape index (κ2) is 45.2. The zero-order chi connectivity index (χ0) is 104. The minimum absolute atomic E-state index is 0.0349. The average Bonchev–Trinajstić information content (AvgIpc) is 1.56. The first-order chi connectivity index (χ1) is 70.7. The summed E-state index contributed by atoms with van der Waals surface area (Å²) in [5.41, 5.74) is 25.1. The van der Waals surface area contributed by atoms with Gasteiger partial charge in [0.2, 0.25) is 5.95 Å². The fraction of sp³-hybridized carbons (Fsp3) is 0.409. The van der Waals surface area contributed by atoms with E-state index in [1.807, 2.05) is 121 Å². The Bertz CT molecular complexity index is 6880. The van der Waals surface area contributed by atoms with E-state index in [2.05, 4.69) is 52.1 Å². The maximum atomic E-state index is 16.0. The Morgan fingerprint density at radius 1 is 0.429 bits per heavy atom. The zero-order valence-electron chi connectivity index (χ0n) is 81.6. The Kier molecular flexibility index (Phi) is 32.1. The Hall–Kier alpha value is -15.3. The first-order valence-corrected chi connectivity index (χ1v) is 49.5. The maximum Gasteiger partial charge on any atom is 0.311 e. The number of esters is 1. The van der Waals surface area contributed by atoms with E-state index in [-0.39, 0.29) is 182 Å². The number of carbonyl (C=O) groups is 8.